The number of rotatable bonds is 2. The Hall–Kier alpha value is 0.0169. The van der Waals surface area contributed by atoms with E-state index >= 15 is 0 Å². The van der Waals surface area contributed by atoms with Gasteiger partial charge in [-0.05, 0) is 16.1 Å². The monoisotopic (exact) mass is 388 g/mol. The smallest absolute Gasteiger partial charge is 0.376 e. The predicted octanol–water partition coefficient (Wildman–Crippen LogP) is 5.00. The first kappa shape index (κ1) is 19.1. The van der Waals surface area contributed by atoms with Crippen molar-refractivity contribution in [3.8, 4) is 0 Å². The molecule has 0 nitrogen and oxygen atoms in total. The quantitative estimate of drug-likeness (QED) is 0.493. The first-order valence-corrected chi connectivity index (χ1v) is 14.5. The van der Waals surface area contributed by atoms with Gasteiger partial charge in [-0.1, -0.05) is 74.7 Å². The molecule has 0 saturated heterocycles. The molecule has 0 amide bonds. The molecule has 0 unspecified atom stereocenters. The SMILES string of the molecule is C[Si](C)(C)[C-]=C1Cc2ccccc2CC1=[C-][Si](C)(C)C.[Zr+2]. The van der Waals surface area contributed by atoms with E-state index in [1.165, 1.54) is 22.3 Å². The summed E-state index contributed by atoms with van der Waals surface area (Å²) in [6.45, 7) is 14.2. The number of fused-ring (bicyclic) bond motifs is 1. The Kier molecular flexibility index (Phi) is 6.41. The van der Waals surface area contributed by atoms with Crippen LogP contribution in [0.3, 0.4) is 0 Å². The Morgan fingerprint density at radius 3 is 1.33 bits per heavy atom. The van der Waals surface area contributed by atoms with Crippen LogP contribution in [0.4, 0.5) is 0 Å². The Bertz CT molecular complexity index is 506. The van der Waals surface area contributed by atoms with Crippen LogP contribution in [0.15, 0.2) is 35.4 Å². The zero-order valence-corrected chi connectivity index (χ0v) is 18.7. The molecule has 110 valence electrons. The van der Waals surface area contributed by atoms with E-state index < -0.39 is 16.1 Å². The van der Waals surface area contributed by atoms with E-state index in [1.54, 1.807) is 0 Å². The minimum atomic E-state index is -1.32. The van der Waals surface area contributed by atoms with Gasteiger partial charge in [0, 0.05) is 0 Å². The zero-order valence-electron chi connectivity index (χ0n) is 14.2. The number of hydrogen-bond acceptors (Lipinski definition) is 0. The number of hydrogen-bond donors (Lipinski definition) is 0. The van der Waals surface area contributed by atoms with E-state index in [1.807, 2.05) is 0 Å². The topological polar surface area (TPSA) is 0 Å². The third kappa shape index (κ3) is 5.96. The van der Waals surface area contributed by atoms with Gasteiger partial charge in [-0.25, -0.2) is 0 Å². The van der Waals surface area contributed by atoms with Gasteiger partial charge in [0.1, 0.15) is 0 Å². The molecule has 0 bridgehead atoms. The van der Waals surface area contributed by atoms with Gasteiger partial charge in [-0.3, -0.25) is 0 Å². The van der Waals surface area contributed by atoms with E-state index in [0.717, 1.165) is 12.8 Å². The summed E-state index contributed by atoms with van der Waals surface area (Å²) in [5.74, 6) is 0. The van der Waals surface area contributed by atoms with Gasteiger partial charge < -0.3 is 22.5 Å². The first-order chi connectivity index (χ1) is 9.14. The second-order valence-electron chi connectivity index (χ2n) is 7.83. The molecule has 0 aromatic heterocycles. The molecule has 1 aliphatic carbocycles. The molecule has 0 saturated carbocycles. The van der Waals surface area contributed by atoms with Crippen molar-refractivity contribution in [3.05, 3.63) is 57.9 Å². The summed E-state index contributed by atoms with van der Waals surface area (Å²) in [6, 6.07) is 8.85. The van der Waals surface area contributed by atoms with Crippen LogP contribution in [0, 0.1) is 11.4 Å². The second kappa shape index (κ2) is 7.06. The van der Waals surface area contributed by atoms with Crippen LogP contribution < -0.4 is 0 Å². The fraction of sp³-hybridized carbons (Fsp3) is 0.444. The van der Waals surface area contributed by atoms with Crippen LogP contribution in [-0.4, -0.2) is 16.1 Å². The average molecular weight is 390 g/mol. The third-order valence-electron chi connectivity index (χ3n) is 3.27. The minimum Gasteiger partial charge on any atom is -0.376 e. The van der Waals surface area contributed by atoms with E-state index in [9.17, 15) is 0 Å². The second-order valence-corrected chi connectivity index (χ2v) is 17.3. The van der Waals surface area contributed by atoms with E-state index in [-0.39, 0.29) is 26.2 Å². The average Bonchev–Trinajstić information content (AvgIpc) is 2.26. The van der Waals surface area contributed by atoms with Gasteiger partial charge in [0.15, 0.2) is 0 Å². The predicted molar refractivity (Wildman–Crippen MR) is 94.1 cm³/mol. The molecule has 0 aliphatic heterocycles. The van der Waals surface area contributed by atoms with Crippen molar-refractivity contribution in [1.29, 1.82) is 0 Å². The fourth-order valence-electron chi connectivity index (χ4n) is 2.64. The van der Waals surface area contributed by atoms with Crippen LogP contribution in [0.2, 0.25) is 39.3 Å². The molecule has 0 atom stereocenters. The molecular weight excluding hydrogens is 364 g/mol. The zero-order chi connectivity index (χ0) is 15.0. The Morgan fingerprint density at radius 2 is 1.05 bits per heavy atom. The van der Waals surface area contributed by atoms with Crippen LogP contribution >= 0.6 is 0 Å². The number of allylic oxidation sites excluding steroid dienone is 2. The molecule has 2 rings (SSSR count). The van der Waals surface area contributed by atoms with E-state index in [4.69, 9.17) is 0 Å². The third-order valence-corrected chi connectivity index (χ3v) is 5.37. The van der Waals surface area contributed by atoms with Gasteiger partial charge in [-0.2, -0.15) is 0 Å². The summed E-state index contributed by atoms with van der Waals surface area (Å²) in [6.07, 6.45) is 2.10. The molecule has 3 heteroatoms. The molecule has 0 radical (unpaired) electrons. The van der Waals surface area contributed by atoms with Crippen molar-refractivity contribution >= 4 is 16.1 Å². The summed E-state index contributed by atoms with van der Waals surface area (Å²) >= 11 is 0. The first-order valence-electron chi connectivity index (χ1n) is 7.49. The molecule has 0 N–H and O–H groups in total. The van der Waals surface area contributed by atoms with Gasteiger partial charge >= 0.3 is 26.2 Å². The fourth-order valence-corrected chi connectivity index (χ4v) is 4.93. The van der Waals surface area contributed by atoms with E-state index in [2.05, 4.69) is 74.9 Å². The minimum absolute atomic E-state index is 0. The molecule has 1 aromatic rings. The molecule has 0 heterocycles. The van der Waals surface area contributed by atoms with Crippen molar-refractivity contribution < 1.29 is 26.2 Å². The van der Waals surface area contributed by atoms with Crippen molar-refractivity contribution in [2.24, 2.45) is 0 Å². The molecule has 0 spiro atoms. The summed E-state index contributed by atoms with van der Waals surface area (Å²) in [7, 11) is -2.63. The standard InChI is InChI=1S/C18H26Si2.Zr/c1-19(2,3)13-17-11-15-9-7-8-10-16(15)12-18(17)14-20(4,5)6;/h7-10H,11-12H2,1-6H3;/q-2;+2. The Balaban J connectivity index is 0.00000220. The maximum absolute atomic E-state index is 3.85. The van der Waals surface area contributed by atoms with E-state index in [0.29, 0.717) is 0 Å². The van der Waals surface area contributed by atoms with Crippen molar-refractivity contribution in [2.75, 3.05) is 0 Å². The van der Waals surface area contributed by atoms with Crippen molar-refractivity contribution in [2.45, 2.75) is 52.1 Å². The van der Waals surface area contributed by atoms with Crippen LogP contribution in [0.1, 0.15) is 11.1 Å². The molecular formula is C18H26Si2Zr. The Morgan fingerprint density at radius 1 is 0.714 bits per heavy atom. The molecule has 0 fully saturated rings. The summed E-state index contributed by atoms with van der Waals surface area (Å²) in [4.78, 5) is 0. The van der Waals surface area contributed by atoms with Gasteiger partial charge in [0.25, 0.3) is 0 Å². The maximum atomic E-state index is 3.85. The van der Waals surface area contributed by atoms with Gasteiger partial charge in [0.2, 0.25) is 0 Å². The summed E-state index contributed by atoms with van der Waals surface area (Å²) < 4.78 is 0. The number of benzene rings is 1. The van der Waals surface area contributed by atoms with Gasteiger partial charge in [0.05, 0.1) is 0 Å². The Labute approximate surface area is 151 Å². The summed E-state index contributed by atoms with van der Waals surface area (Å²) in [5.41, 5.74) is 13.5. The molecule has 1 aliphatic rings. The van der Waals surface area contributed by atoms with Crippen LogP contribution in [0.5, 0.6) is 0 Å². The molecule has 21 heavy (non-hydrogen) atoms. The van der Waals surface area contributed by atoms with Gasteiger partial charge in [-0.15, -0.1) is 12.8 Å². The molecule has 1 aromatic carbocycles. The maximum Gasteiger partial charge on any atom is 2.00 e. The normalized spacial score (nSPS) is 19.3. The van der Waals surface area contributed by atoms with Crippen LogP contribution in [-0.2, 0) is 39.0 Å². The van der Waals surface area contributed by atoms with Crippen molar-refractivity contribution in [1.82, 2.24) is 0 Å². The van der Waals surface area contributed by atoms with Crippen LogP contribution in [0.25, 0.3) is 0 Å². The van der Waals surface area contributed by atoms with Crippen molar-refractivity contribution in [3.63, 3.8) is 0 Å². The largest absolute Gasteiger partial charge is 2.00 e. The summed E-state index contributed by atoms with van der Waals surface area (Å²) in [5, 5.41) is 0.